The van der Waals surface area contributed by atoms with Gasteiger partial charge in [0.15, 0.2) is 0 Å². The van der Waals surface area contributed by atoms with Gasteiger partial charge in [0, 0.05) is 54.2 Å². The summed E-state index contributed by atoms with van der Waals surface area (Å²) in [5.41, 5.74) is 0.248. The Bertz CT molecular complexity index is 1540. The molecule has 0 atom stereocenters. The molecule has 1 aliphatic rings. The maximum absolute atomic E-state index is 13.4. The highest BCUT2D eigenvalue weighted by Gasteiger charge is 2.26. The minimum Gasteiger partial charge on any atom is -0.338 e. The van der Waals surface area contributed by atoms with Crippen LogP contribution in [0, 0.1) is 5.82 Å². The summed E-state index contributed by atoms with van der Waals surface area (Å²) in [6.45, 7) is 1.00. The molecule has 0 radical (unpaired) electrons. The van der Waals surface area contributed by atoms with Gasteiger partial charge in [-0.1, -0.05) is 0 Å². The van der Waals surface area contributed by atoms with E-state index in [0.29, 0.717) is 24.0 Å². The summed E-state index contributed by atoms with van der Waals surface area (Å²) in [4.78, 5) is 34.0. The summed E-state index contributed by atoms with van der Waals surface area (Å²) < 4.78 is 43.5. The highest BCUT2D eigenvalue weighted by molar-refractivity contribution is 7.92. The molecule has 2 N–H and O–H groups in total. The van der Waals surface area contributed by atoms with Crippen LogP contribution in [0.25, 0.3) is 10.9 Å². The van der Waals surface area contributed by atoms with E-state index in [-0.39, 0.29) is 28.1 Å². The number of halogens is 1. The van der Waals surface area contributed by atoms with Crippen LogP contribution in [0.1, 0.15) is 29.2 Å². The van der Waals surface area contributed by atoms with Gasteiger partial charge >= 0.3 is 0 Å². The lowest BCUT2D eigenvalue weighted by atomic mass is 10.0. The molecule has 5 rings (SSSR count). The predicted octanol–water partition coefficient (Wildman–Crippen LogP) is 3.14. The number of amides is 1. The number of aromatic nitrogens is 3. The molecule has 4 aromatic rings. The first kappa shape index (κ1) is 22.8. The standard InChI is InChI=1S/C24H22FN5O4S/c25-16-1-3-17(4-2-16)28-35(33,34)19-5-6-22-20(13-19)21(14-23(31)27-22)24(32)29-10-7-18(8-11-29)30-12-9-26-15-30/h1-6,9,12-15,18,28H,7-8,10-11H2,(H,27,31). The second-order valence-corrected chi connectivity index (χ2v) is 10.1. The fourth-order valence-corrected chi connectivity index (χ4v) is 5.42. The van der Waals surface area contributed by atoms with Gasteiger partial charge in [0.1, 0.15) is 5.82 Å². The molecule has 1 amide bonds. The number of benzene rings is 2. The van der Waals surface area contributed by atoms with E-state index in [1.807, 2.05) is 10.8 Å². The van der Waals surface area contributed by atoms with Gasteiger partial charge in [-0.2, -0.15) is 0 Å². The molecule has 1 fully saturated rings. The highest BCUT2D eigenvalue weighted by atomic mass is 32.2. The Labute approximate surface area is 200 Å². The van der Waals surface area contributed by atoms with Crippen molar-refractivity contribution in [1.82, 2.24) is 19.4 Å². The first-order valence-corrected chi connectivity index (χ1v) is 12.5. The number of hydrogen-bond acceptors (Lipinski definition) is 5. The fourth-order valence-electron chi connectivity index (χ4n) is 4.33. The molecule has 35 heavy (non-hydrogen) atoms. The van der Waals surface area contributed by atoms with Crippen molar-refractivity contribution >= 4 is 32.5 Å². The number of imidazole rings is 1. The summed E-state index contributed by atoms with van der Waals surface area (Å²) >= 11 is 0. The lowest BCUT2D eigenvalue weighted by Crippen LogP contribution is -2.39. The van der Waals surface area contributed by atoms with E-state index in [2.05, 4.69) is 14.7 Å². The summed E-state index contributed by atoms with van der Waals surface area (Å²) in [6, 6.07) is 10.5. The Morgan fingerprint density at radius 2 is 1.83 bits per heavy atom. The molecule has 11 heteroatoms. The summed E-state index contributed by atoms with van der Waals surface area (Å²) in [5, 5.41) is 0.327. The van der Waals surface area contributed by atoms with Gasteiger partial charge < -0.3 is 14.5 Å². The zero-order valence-electron chi connectivity index (χ0n) is 18.5. The van der Waals surface area contributed by atoms with Crippen molar-refractivity contribution in [3.05, 3.63) is 89.0 Å². The molecule has 2 aromatic heterocycles. The van der Waals surface area contributed by atoms with E-state index in [9.17, 15) is 22.4 Å². The number of carbonyl (C=O) groups is 1. The topological polar surface area (TPSA) is 117 Å². The molecule has 0 saturated carbocycles. The SMILES string of the molecule is O=C(c1cc(=O)[nH]c2ccc(S(=O)(=O)Nc3ccc(F)cc3)cc12)N1CCC(n2ccnc2)CC1. The van der Waals surface area contributed by atoms with Crippen molar-refractivity contribution in [2.45, 2.75) is 23.8 Å². The van der Waals surface area contributed by atoms with Crippen LogP contribution in [0.2, 0.25) is 0 Å². The number of nitrogens with zero attached hydrogens (tertiary/aromatic N) is 3. The number of H-pyrrole nitrogens is 1. The van der Waals surface area contributed by atoms with Crippen LogP contribution in [-0.4, -0.2) is 46.8 Å². The van der Waals surface area contributed by atoms with E-state index in [0.717, 1.165) is 25.0 Å². The molecular weight excluding hydrogens is 473 g/mol. The van der Waals surface area contributed by atoms with Gasteiger partial charge in [0.25, 0.3) is 15.9 Å². The zero-order valence-corrected chi connectivity index (χ0v) is 19.3. The van der Waals surface area contributed by atoms with E-state index in [1.165, 1.54) is 36.4 Å². The molecule has 0 aliphatic carbocycles. The van der Waals surface area contributed by atoms with Crippen LogP contribution in [0.4, 0.5) is 10.1 Å². The normalized spacial score (nSPS) is 14.8. The second kappa shape index (κ2) is 8.99. The molecular formula is C24H22FN5O4S. The first-order chi connectivity index (χ1) is 16.8. The second-order valence-electron chi connectivity index (χ2n) is 8.40. The lowest BCUT2D eigenvalue weighted by Gasteiger charge is -2.32. The van der Waals surface area contributed by atoms with Gasteiger partial charge in [0.2, 0.25) is 5.56 Å². The monoisotopic (exact) mass is 495 g/mol. The third-order valence-corrected chi connectivity index (χ3v) is 7.53. The number of anilines is 1. The Morgan fingerprint density at radius 1 is 1.09 bits per heavy atom. The smallest absolute Gasteiger partial charge is 0.261 e. The van der Waals surface area contributed by atoms with Crippen molar-refractivity contribution < 1.29 is 17.6 Å². The molecule has 0 bridgehead atoms. The van der Waals surface area contributed by atoms with E-state index < -0.39 is 21.4 Å². The maximum Gasteiger partial charge on any atom is 0.261 e. The van der Waals surface area contributed by atoms with E-state index >= 15 is 0 Å². The quantitative estimate of drug-likeness (QED) is 0.441. The van der Waals surface area contributed by atoms with Crippen LogP contribution in [-0.2, 0) is 10.0 Å². The highest BCUT2D eigenvalue weighted by Crippen LogP contribution is 2.26. The van der Waals surface area contributed by atoms with E-state index in [1.54, 1.807) is 17.4 Å². The van der Waals surface area contributed by atoms with Crippen molar-refractivity contribution in [1.29, 1.82) is 0 Å². The number of hydrogen-bond donors (Lipinski definition) is 2. The number of nitrogens with one attached hydrogen (secondary N) is 2. The number of aromatic amines is 1. The number of piperidine rings is 1. The average molecular weight is 496 g/mol. The van der Waals surface area contributed by atoms with Crippen LogP contribution in [0.5, 0.6) is 0 Å². The molecule has 1 aliphatic heterocycles. The summed E-state index contributed by atoms with van der Waals surface area (Å²) in [6.07, 6.45) is 6.86. The Balaban J connectivity index is 1.44. The fraction of sp³-hybridized carbons (Fsp3) is 0.208. The van der Waals surface area contributed by atoms with E-state index in [4.69, 9.17) is 0 Å². The Morgan fingerprint density at radius 3 is 2.51 bits per heavy atom. The van der Waals surface area contributed by atoms with Crippen LogP contribution in [0.3, 0.4) is 0 Å². The minimum absolute atomic E-state index is 0.0887. The first-order valence-electron chi connectivity index (χ1n) is 11.0. The molecule has 2 aromatic carbocycles. The van der Waals surface area contributed by atoms with Gasteiger partial charge in [-0.3, -0.25) is 14.3 Å². The Hall–Kier alpha value is -3.99. The van der Waals surface area contributed by atoms with Crippen molar-refractivity contribution in [2.75, 3.05) is 17.8 Å². The number of rotatable bonds is 5. The van der Waals surface area contributed by atoms with Gasteiger partial charge in [-0.05, 0) is 55.3 Å². The molecule has 0 unspecified atom stereocenters. The third-order valence-electron chi connectivity index (χ3n) is 6.15. The number of sulfonamides is 1. The van der Waals surface area contributed by atoms with Crippen LogP contribution >= 0.6 is 0 Å². The summed E-state index contributed by atoms with van der Waals surface area (Å²) in [7, 11) is -4.03. The molecule has 0 spiro atoms. The number of likely N-dealkylation sites (tertiary alicyclic amines) is 1. The van der Waals surface area contributed by atoms with Crippen LogP contribution < -0.4 is 10.3 Å². The average Bonchev–Trinajstić information content (AvgIpc) is 3.39. The number of fused-ring (bicyclic) bond motifs is 1. The van der Waals surface area contributed by atoms with Crippen LogP contribution in [0.15, 0.2) is 76.9 Å². The molecule has 180 valence electrons. The van der Waals surface area contributed by atoms with Gasteiger partial charge in [-0.15, -0.1) is 0 Å². The number of pyridine rings is 1. The molecule has 1 saturated heterocycles. The van der Waals surface area contributed by atoms with Gasteiger partial charge in [0.05, 0.1) is 16.8 Å². The van der Waals surface area contributed by atoms with Crippen molar-refractivity contribution in [3.8, 4) is 0 Å². The molecule has 3 heterocycles. The summed E-state index contributed by atoms with van der Waals surface area (Å²) in [5.74, 6) is -0.814. The minimum atomic E-state index is -4.03. The molecule has 9 nitrogen and oxygen atoms in total. The van der Waals surface area contributed by atoms with Gasteiger partial charge in [-0.25, -0.2) is 17.8 Å². The third kappa shape index (κ3) is 4.67. The predicted molar refractivity (Wildman–Crippen MR) is 128 cm³/mol. The zero-order chi connectivity index (χ0) is 24.6. The maximum atomic E-state index is 13.4. The largest absolute Gasteiger partial charge is 0.338 e. The van der Waals surface area contributed by atoms with Crippen molar-refractivity contribution in [3.63, 3.8) is 0 Å². The lowest BCUT2D eigenvalue weighted by molar-refractivity contribution is 0.0696. The van der Waals surface area contributed by atoms with Crippen molar-refractivity contribution in [2.24, 2.45) is 0 Å². The number of carbonyl (C=O) groups excluding carboxylic acids is 1. The Kier molecular flexibility index (Phi) is 5.85.